The second-order valence-corrected chi connectivity index (χ2v) is 0. The van der Waals surface area contributed by atoms with E-state index in [1.165, 1.54) is 0 Å². The van der Waals surface area contributed by atoms with Crippen molar-refractivity contribution in [1.29, 1.82) is 0 Å². The van der Waals surface area contributed by atoms with Crippen molar-refractivity contribution < 1.29 is 21.7 Å². The van der Waals surface area contributed by atoms with E-state index in [-0.39, 0.29) is 60.0 Å². The predicted octanol–water partition coefficient (Wildman–Crippen LogP) is -0.438. The molecular formula is CH9AlSTi. The van der Waals surface area contributed by atoms with Crippen molar-refractivity contribution in [3.05, 3.63) is 0 Å². The Morgan fingerprint density at radius 3 is 1.00 bits per heavy atom. The molecule has 4 heavy (non-hydrogen) atoms. The van der Waals surface area contributed by atoms with Crippen LogP contribution in [-0.2, 0) is 21.7 Å². The molecule has 0 heterocycles. The van der Waals surface area contributed by atoms with Crippen LogP contribution < -0.4 is 0 Å². The molecule has 26 valence electrons. The molecule has 0 aromatic rings. The Balaban J connectivity index is 0. The molecule has 0 aromatic heterocycles. The fourth-order valence-electron chi connectivity index (χ4n) is 0. The molecule has 0 saturated heterocycles. The van der Waals surface area contributed by atoms with Gasteiger partial charge in [-0.25, -0.2) is 0 Å². The van der Waals surface area contributed by atoms with Crippen LogP contribution in [-0.4, -0.2) is 17.4 Å². The van der Waals surface area contributed by atoms with Gasteiger partial charge >= 0.3 is 0 Å². The zero-order valence-electron chi connectivity index (χ0n) is 1.00. The summed E-state index contributed by atoms with van der Waals surface area (Å²) in [7, 11) is 0. The van der Waals surface area contributed by atoms with Crippen LogP contribution in [0.3, 0.4) is 0 Å². The molecule has 0 aliphatic rings. The number of hydrogen-bond acceptors (Lipinski definition) is 0. The fourth-order valence-corrected chi connectivity index (χ4v) is 0. The van der Waals surface area contributed by atoms with Crippen LogP contribution in [0.5, 0.6) is 0 Å². The predicted molar refractivity (Wildman–Crippen MR) is 27.1 cm³/mol. The summed E-state index contributed by atoms with van der Waals surface area (Å²) in [5.74, 6) is 0. The van der Waals surface area contributed by atoms with Crippen LogP contribution in [0.2, 0.25) is 0 Å². The second kappa shape index (κ2) is 23.3. The van der Waals surface area contributed by atoms with E-state index in [1.54, 1.807) is 0 Å². The summed E-state index contributed by atoms with van der Waals surface area (Å²) < 4.78 is 0. The number of rotatable bonds is 0. The molecule has 0 radical (unpaired) electrons. The summed E-state index contributed by atoms with van der Waals surface area (Å²) >= 11 is 0. The van der Waals surface area contributed by atoms with Gasteiger partial charge in [0.05, 0.1) is 0 Å². The second-order valence-electron chi connectivity index (χ2n) is 0. The minimum absolute atomic E-state index is 0. The van der Waals surface area contributed by atoms with E-state index in [0.29, 0.717) is 0 Å². The zero-order valence-corrected chi connectivity index (χ0v) is 3.56. The molecular weight excluding hydrogens is 119 g/mol. The van der Waals surface area contributed by atoms with Crippen molar-refractivity contribution in [2.45, 2.75) is 7.43 Å². The first-order chi connectivity index (χ1) is 0. The maximum Gasteiger partial charge on any atom is 0.187 e. The molecule has 0 fully saturated rings. The topological polar surface area (TPSA) is 0 Å². The standard InChI is InChI=1S/CH4.Al.H2S.Ti.3H/h1H4;;1H2;;;;. The molecule has 0 unspecified atom stereocenters. The summed E-state index contributed by atoms with van der Waals surface area (Å²) in [5.41, 5.74) is 0. The third-order valence-electron chi connectivity index (χ3n) is 0. The molecule has 0 aliphatic carbocycles. The Labute approximate surface area is 59.8 Å². The Morgan fingerprint density at radius 2 is 1.00 bits per heavy atom. The molecule has 0 aromatic carbocycles. The first kappa shape index (κ1) is 46.4. The summed E-state index contributed by atoms with van der Waals surface area (Å²) in [6, 6.07) is 0. The Bertz CT molecular complexity index is 8.00. The third kappa shape index (κ3) is 9.51. The summed E-state index contributed by atoms with van der Waals surface area (Å²) in [6.07, 6.45) is 0. The van der Waals surface area contributed by atoms with Gasteiger partial charge < -0.3 is 0 Å². The molecule has 0 rings (SSSR count). The summed E-state index contributed by atoms with van der Waals surface area (Å²) in [5, 5.41) is 0. The van der Waals surface area contributed by atoms with Gasteiger partial charge in [0.15, 0.2) is 17.4 Å². The van der Waals surface area contributed by atoms with Gasteiger partial charge in [-0.1, -0.05) is 7.43 Å². The molecule has 0 amide bonds. The average Bonchev–Trinajstić information content (AvgIpc) is 0. The van der Waals surface area contributed by atoms with E-state index in [9.17, 15) is 0 Å². The van der Waals surface area contributed by atoms with E-state index >= 15 is 0 Å². The zero-order chi connectivity index (χ0) is 0. The van der Waals surface area contributed by atoms with Crippen LogP contribution in [0, 0.1) is 0 Å². The molecule has 0 atom stereocenters. The Morgan fingerprint density at radius 1 is 1.00 bits per heavy atom. The fraction of sp³-hybridized carbons (Fsp3) is 1.00. The molecule has 3 heteroatoms. The van der Waals surface area contributed by atoms with Crippen LogP contribution in [0.4, 0.5) is 0 Å². The van der Waals surface area contributed by atoms with Crippen molar-refractivity contribution >= 4 is 30.9 Å². The van der Waals surface area contributed by atoms with E-state index in [4.69, 9.17) is 0 Å². The normalized spacial score (nSPS) is 0. The van der Waals surface area contributed by atoms with Gasteiger partial charge in [-0.05, 0) is 0 Å². The van der Waals surface area contributed by atoms with Crippen LogP contribution in [0.25, 0.3) is 0 Å². The van der Waals surface area contributed by atoms with Gasteiger partial charge in [0.1, 0.15) is 0 Å². The smallest absolute Gasteiger partial charge is 0.187 e. The third-order valence-corrected chi connectivity index (χ3v) is 0. The molecule has 0 saturated carbocycles. The number of hydrogen-bond donors (Lipinski definition) is 0. The molecule has 0 spiro atoms. The Kier molecular flexibility index (Phi) is 270. The SMILES string of the molecule is C.S.[AlH3].[Ti]. The maximum atomic E-state index is 0. The molecule has 0 nitrogen and oxygen atoms in total. The van der Waals surface area contributed by atoms with Gasteiger partial charge in [0, 0.05) is 21.7 Å². The summed E-state index contributed by atoms with van der Waals surface area (Å²) in [4.78, 5) is 0. The quantitative estimate of drug-likeness (QED) is 0.388. The van der Waals surface area contributed by atoms with Gasteiger partial charge in [-0.3, -0.25) is 0 Å². The van der Waals surface area contributed by atoms with Crippen molar-refractivity contribution in [3.63, 3.8) is 0 Å². The Hall–Kier alpha value is 1.60. The molecule has 0 N–H and O–H groups in total. The minimum Gasteiger partial charge on any atom is -0.197 e. The van der Waals surface area contributed by atoms with E-state index in [1.807, 2.05) is 0 Å². The van der Waals surface area contributed by atoms with E-state index in [0.717, 1.165) is 0 Å². The van der Waals surface area contributed by atoms with E-state index in [2.05, 4.69) is 0 Å². The van der Waals surface area contributed by atoms with Gasteiger partial charge in [0.25, 0.3) is 0 Å². The molecule has 0 aliphatic heterocycles. The van der Waals surface area contributed by atoms with Gasteiger partial charge in [-0.2, -0.15) is 13.5 Å². The first-order valence-corrected chi connectivity index (χ1v) is 0. The van der Waals surface area contributed by atoms with Crippen LogP contribution in [0.15, 0.2) is 0 Å². The van der Waals surface area contributed by atoms with Crippen molar-refractivity contribution in [2.24, 2.45) is 0 Å². The van der Waals surface area contributed by atoms with Crippen LogP contribution >= 0.6 is 13.5 Å². The van der Waals surface area contributed by atoms with Gasteiger partial charge in [0.2, 0.25) is 0 Å². The van der Waals surface area contributed by atoms with Crippen LogP contribution in [0.1, 0.15) is 7.43 Å². The van der Waals surface area contributed by atoms with Crippen molar-refractivity contribution in [1.82, 2.24) is 0 Å². The largest absolute Gasteiger partial charge is 0.197 e. The molecule has 0 bridgehead atoms. The van der Waals surface area contributed by atoms with Crippen molar-refractivity contribution in [3.8, 4) is 0 Å². The monoisotopic (exact) mass is 128 g/mol. The van der Waals surface area contributed by atoms with E-state index < -0.39 is 0 Å². The first-order valence-electron chi connectivity index (χ1n) is 0. The average molecular weight is 128 g/mol. The maximum absolute atomic E-state index is 0. The summed E-state index contributed by atoms with van der Waals surface area (Å²) in [6.45, 7) is 0. The minimum atomic E-state index is 0. The van der Waals surface area contributed by atoms with Gasteiger partial charge in [-0.15, -0.1) is 0 Å². The van der Waals surface area contributed by atoms with Crippen molar-refractivity contribution in [2.75, 3.05) is 0 Å².